The maximum Gasteiger partial charge on any atom is 0.162 e. The maximum atomic E-state index is 14.6. The van der Waals surface area contributed by atoms with Crippen molar-refractivity contribution in [3.05, 3.63) is 59.3 Å². The quantitative estimate of drug-likeness (QED) is 0.818. The van der Waals surface area contributed by atoms with E-state index in [1.54, 1.807) is 30.5 Å². The van der Waals surface area contributed by atoms with Crippen molar-refractivity contribution in [2.45, 2.75) is 30.8 Å². The van der Waals surface area contributed by atoms with Crippen molar-refractivity contribution in [2.24, 2.45) is 5.92 Å². The van der Waals surface area contributed by atoms with Crippen LogP contribution in [0.25, 0.3) is 0 Å². The summed E-state index contributed by atoms with van der Waals surface area (Å²) < 4.78 is 28.6. The molecule has 2 aromatic rings. The Bertz CT molecular complexity index is 917. The molecule has 1 aromatic heterocycles. The second-order valence-electron chi connectivity index (χ2n) is 7.74. The fourth-order valence-electron chi connectivity index (χ4n) is 5.46. The highest BCUT2D eigenvalue weighted by Gasteiger charge is 2.54. The third-order valence-electron chi connectivity index (χ3n) is 6.55. The Hall–Kier alpha value is -2.52. The SMILES string of the molecule is N#Cc1cccnc1N1C[C@H](c2cccc(F)c2F)[C@H]2[C@@H]1C1CCN2CC1. The van der Waals surface area contributed by atoms with Crippen LogP contribution in [-0.4, -0.2) is 41.6 Å². The van der Waals surface area contributed by atoms with Gasteiger partial charge in [-0.25, -0.2) is 13.8 Å². The third kappa shape index (κ3) is 2.45. The van der Waals surface area contributed by atoms with Crippen molar-refractivity contribution in [1.82, 2.24) is 9.88 Å². The number of piperidine rings is 3. The second-order valence-corrected chi connectivity index (χ2v) is 7.74. The summed E-state index contributed by atoms with van der Waals surface area (Å²) in [4.78, 5) is 9.11. The van der Waals surface area contributed by atoms with Gasteiger partial charge in [0.05, 0.1) is 5.56 Å². The van der Waals surface area contributed by atoms with Gasteiger partial charge < -0.3 is 4.90 Å². The van der Waals surface area contributed by atoms with Gasteiger partial charge in [0.15, 0.2) is 11.6 Å². The minimum atomic E-state index is -0.797. The van der Waals surface area contributed by atoms with Crippen molar-refractivity contribution in [2.75, 3.05) is 24.5 Å². The molecule has 5 heterocycles. The van der Waals surface area contributed by atoms with Crippen LogP contribution in [0.15, 0.2) is 36.5 Å². The number of nitrogens with zero attached hydrogens (tertiary/aromatic N) is 4. The molecule has 6 heteroatoms. The van der Waals surface area contributed by atoms with E-state index in [-0.39, 0.29) is 18.0 Å². The second kappa shape index (κ2) is 6.28. The summed E-state index contributed by atoms with van der Waals surface area (Å²) in [7, 11) is 0. The van der Waals surface area contributed by atoms with Crippen LogP contribution in [0, 0.1) is 28.9 Å². The lowest BCUT2D eigenvalue weighted by molar-refractivity contribution is 0.0350. The highest BCUT2D eigenvalue weighted by Crippen LogP contribution is 2.48. The highest BCUT2D eigenvalue weighted by molar-refractivity contribution is 5.57. The molecule has 0 spiro atoms. The largest absolute Gasteiger partial charge is 0.350 e. The molecule has 0 saturated carbocycles. The van der Waals surface area contributed by atoms with Gasteiger partial charge in [-0.2, -0.15) is 5.26 Å². The number of benzene rings is 1. The van der Waals surface area contributed by atoms with Gasteiger partial charge in [-0.1, -0.05) is 12.1 Å². The van der Waals surface area contributed by atoms with E-state index in [1.807, 2.05) is 0 Å². The number of hydrogen-bond donors (Lipinski definition) is 0. The van der Waals surface area contributed by atoms with Crippen LogP contribution < -0.4 is 4.90 Å². The normalized spacial score (nSPS) is 31.6. The zero-order valence-corrected chi connectivity index (χ0v) is 14.9. The minimum absolute atomic E-state index is 0.127. The molecule has 0 amide bonds. The summed E-state index contributed by atoms with van der Waals surface area (Å²) in [6.45, 7) is 2.55. The third-order valence-corrected chi connectivity index (χ3v) is 6.55. The lowest BCUT2D eigenvalue weighted by atomic mass is 9.75. The fourth-order valence-corrected chi connectivity index (χ4v) is 5.46. The lowest BCUT2D eigenvalue weighted by Gasteiger charge is -2.51. The zero-order valence-electron chi connectivity index (χ0n) is 14.9. The van der Waals surface area contributed by atoms with Crippen molar-refractivity contribution >= 4 is 5.82 Å². The first-order valence-corrected chi connectivity index (χ1v) is 9.48. The molecule has 4 aliphatic rings. The van der Waals surface area contributed by atoms with Gasteiger partial charge in [0.1, 0.15) is 11.9 Å². The summed E-state index contributed by atoms with van der Waals surface area (Å²) in [5, 5.41) is 9.53. The van der Waals surface area contributed by atoms with Crippen LogP contribution >= 0.6 is 0 Å². The summed E-state index contributed by atoms with van der Waals surface area (Å²) in [6, 6.07) is 10.5. The van der Waals surface area contributed by atoms with E-state index in [0.717, 1.165) is 25.9 Å². The molecule has 6 rings (SSSR count). The standard InChI is InChI=1S/C21H20F2N4/c22-17-5-1-4-15(18(17)23)16-12-27(21-14(11-24)3-2-8-25-21)19-13-6-9-26(10-7-13)20(16)19/h1-5,8,13,16,19-20H,6-7,9-10,12H2/t16-,19+,20+/m1/s1. The molecule has 0 N–H and O–H groups in total. The van der Waals surface area contributed by atoms with E-state index in [1.165, 1.54) is 6.07 Å². The molecule has 4 fully saturated rings. The predicted molar refractivity (Wildman–Crippen MR) is 97.3 cm³/mol. The van der Waals surface area contributed by atoms with Crippen LogP contribution in [0.4, 0.5) is 14.6 Å². The number of halogens is 2. The molecular formula is C21H20F2N4. The average Bonchev–Trinajstić information content (AvgIpc) is 3.13. The average molecular weight is 366 g/mol. The van der Waals surface area contributed by atoms with E-state index in [0.29, 0.717) is 29.4 Å². The van der Waals surface area contributed by atoms with Gasteiger partial charge in [-0.3, -0.25) is 4.90 Å². The number of hydrogen-bond acceptors (Lipinski definition) is 4. The van der Waals surface area contributed by atoms with Gasteiger partial charge >= 0.3 is 0 Å². The summed E-state index contributed by atoms with van der Waals surface area (Å²) in [5.41, 5.74) is 0.975. The van der Waals surface area contributed by atoms with Gasteiger partial charge in [0, 0.05) is 30.7 Å². The molecular weight excluding hydrogens is 346 g/mol. The molecule has 0 aliphatic carbocycles. The number of anilines is 1. The van der Waals surface area contributed by atoms with E-state index in [4.69, 9.17) is 0 Å². The van der Waals surface area contributed by atoms with E-state index >= 15 is 0 Å². The van der Waals surface area contributed by atoms with Crippen LogP contribution in [0.1, 0.15) is 29.9 Å². The first kappa shape index (κ1) is 16.6. The molecule has 3 atom stereocenters. The molecule has 27 heavy (non-hydrogen) atoms. The molecule has 138 valence electrons. The Morgan fingerprint density at radius 2 is 1.89 bits per heavy atom. The Balaban J connectivity index is 1.62. The molecule has 4 aliphatic heterocycles. The Morgan fingerprint density at radius 1 is 1.07 bits per heavy atom. The first-order valence-electron chi connectivity index (χ1n) is 9.48. The van der Waals surface area contributed by atoms with Crippen molar-refractivity contribution in [3.8, 4) is 6.07 Å². The van der Waals surface area contributed by atoms with Crippen LogP contribution in [0.3, 0.4) is 0 Å². The molecule has 4 saturated heterocycles. The summed E-state index contributed by atoms with van der Waals surface area (Å²) in [5.74, 6) is -0.512. The Morgan fingerprint density at radius 3 is 2.67 bits per heavy atom. The Kier molecular flexibility index (Phi) is 3.87. The van der Waals surface area contributed by atoms with E-state index in [2.05, 4.69) is 20.9 Å². The maximum absolute atomic E-state index is 14.6. The Labute approximate surface area is 157 Å². The van der Waals surface area contributed by atoms with Gasteiger partial charge in [0.25, 0.3) is 0 Å². The predicted octanol–water partition coefficient (Wildman–Crippen LogP) is 3.30. The van der Waals surface area contributed by atoms with E-state index < -0.39 is 11.6 Å². The van der Waals surface area contributed by atoms with Gasteiger partial charge in [-0.05, 0) is 55.6 Å². The fraction of sp³-hybridized carbons (Fsp3) is 0.429. The number of nitriles is 1. The molecule has 4 nitrogen and oxygen atoms in total. The van der Waals surface area contributed by atoms with E-state index in [9.17, 15) is 14.0 Å². The van der Waals surface area contributed by atoms with Gasteiger partial charge in [-0.15, -0.1) is 0 Å². The molecule has 2 bridgehead atoms. The highest BCUT2D eigenvalue weighted by atomic mass is 19.2. The molecule has 0 unspecified atom stereocenters. The monoisotopic (exact) mass is 366 g/mol. The first-order chi connectivity index (χ1) is 13.2. The minimum Gasteiger partial charge on any atom is -0.350 e. The number of aromatic nitrogens is 1. The lowest BCUT2D eigenvalue weighted by Crippen LogP contribution is -2.60. The smallest absolute Gasteiger partial charge is 0.162 e. The van der Waals surface area contributed by atoms with Crippen molar-refractivity contribution in [1.29, 1.82) is 5.26 Å². The number of pyridine rings is 1. The summed E-state index contributed by atoms with van der Waals surface area (Å²) in [6.07, 6.45) is 3.90. The number of fused-ring (bicyclic) bond motifs is 2. The zero-order chi connectivity index (χ0) is 18.5. The molecule has 1 aromatic carbocycles. The van der Waals surface area contributed by atoms with Crippen LogP contribution in [0.5, 0.6) is 0 Å². The van der Waals surface area contributed by atoms with Crippen molar-refractivity contribution < 1.29 is 8.78 Å². The molecule has 0 radical (unpaired) electrons. The van der Waals surface area contributed by atoms with Crippen LogP contribution in [0.2, 0.25) is 0 Å². The van der Waals surface area contributed by atoms with Crippen molar-refractivity contribution in [3.63, 3.8) is 0 Å². The van der Waals surface area contributed by atoms with Gasteiger partial charge in [0.2, 0.25) is 0 Å². The summed E-state index contributed by atoms with van der Waals surface area (Å²) >= 11 is 0. The number of rotatable bonds is 2. The van der Waals surface area contributed by atoms with Crippen LogP contribution in [-0.2, 0) is 0 Å². The topological polar surface area (TPSA) is 43.2 Å².